The Hall–Kier alpha value is -1.89. The van der Waals surface area contributed by atoms with Crippen molar-refractivity contribution >= 4 is 5.78 Å². The van der Waals surface area contributed by atoms with Gasteiger partial charge in [-0.25, -0.2) is 0 Å². The predicted octanol–water partition coefficient (Wildman–Crippen LogP) is 4.80. The van der Waals surface area contributed by atoms with Crippen LogP contribution in [-0.4, -0.2) is 5.78 Å². The summed E-state index contributed by atoms with van der Waals surface area (Å²) < 4.78 is 0. The van der Waals surface area contributed by atoms with E-state index < -0.39 is 0 Å². The molecule has 0 aliphatic heterocycles. The summed E-state index contributed by atoms with van der Waals surface area (Å²) >= 11 is 0. The van der Waals surface area contributed by atoms with E-state index >= 15 is 0 Å². The molecular weight excluding hydrogens is 244 g/mol. The van der Waals surface area contributed by atoms with Crippen LogP contribution in [0.1, 0.15) is 49.9 Å². The first-order valence-electron chi connectivity index (χ1n) is 7.27. The first-order valence-corrected chi connectivity index (χ1v) is 7.27. The van der Waals surface area contributed by atoms with Gasteiger partial charge in [-0.05, 0) is 48.9 Å². The third-order valence-electron chi connectivity index (χ3n) is 3.00. The van der Waals surface area contributed by atoms with Crippen molar-refractivity contribution in [3.05, 3.63) is 70.8 Å². The molecule has 0 unspecified atom stereocenters. The molecule has 0 amide bonds. The number of Topliss-reactive ketones (excluding diaryl/α,β-unsaturated/α-hetero) is 1. The summed E-state index contributed by atoms with van der Waals surface area (Å²) in [7, 11) is 0. The average molecular weight is 268 g/mol. The van der Waals surface area contributed by atoms with Gasteiger partial charge in [0, 0.05) is 0 Å². The monoisotopic (exact) mass is 268 g/mol. The van der Waals surface area contributed by atoms with E-state index in [4.69, 9.17) is 0 Å². The number of carbonyl (C=O) groups is 1. The van der Waals surface area contributed by atoms with Gasteiger partial charge in [-0.15, -0.1) is 0 Å². The zero-order chi connectivity index (χ0) is 15.0. The van der Waals surface area contributed by atoms with Crippen molar-refractivity contribution in [1.29, 1.82) is 0 Å². The van der Waals surface area contributed by atoms with E-state index in [9.17, 15) is 4.79 Å². The van der Waals surface area contributed by atoms with E-state index in [1.807, 2.05) is 13.8 Å². The second-order valence-corrected chi connectivity index (χ2v) is 4.80. The molecule has 0 bridgehead atoms. The van der Waals surface area contributed by atoms with Crippen molar-refractivity contribution in [2.45, 2.75) is 40.5 Å². The molecular formula is C19H24O. The fraction of sp³-hybridized carbons (Fsp3) is 0.316. The quantitative estimate of drug-likeness (QED) is 0.572. The Morgan fingerprint density at radius 2 is 0.900 bits per heavy atom. The molecule has 0 saturated heterocycles. The van der Waals surface area contributed by atoms with Crippen LogP contribution in [0, 0.1) is 0 Å². The van der Waals surface area contributed by atoms with E-state index in [2.05, 4.69) is 48.5 Å². The summed E-state index contributed by atoms with van der Waals surface area (Å²) in [6, 6.07) is 17.5. The average Bonchev–Trinajstić information content (AvgIpc) is 2.46. The van der Waals surface area contributed by atoms with Crippen molar-refractivity contribution in [3.63, 3.8) is 0 Å². The molecule has 0 atom stereocenters. The van der Waals surface area contributed by atoms with Crippen LogP contribution in [0.3, 0.4) is 0 Å². The zero-order valence-corrected chi connectivity index (χ0v) is 12.9. The molecule has 0 aromatic heterocycles. The first kappa shape index (κ1) is 16.2. The maximum absolute atomic E-state index is 9.44. The second kappa shape index (κ2) is 8.31. The number of fused-ring (bicyclic) bond motifs is 2. The van der Waals surface area contributed by atoms with Gasteiger partial charge in [-0.3, -0.25) is 0 Å². The lowest BCUT2D eigenvalue weighted by atomic mass is 9.86. The molecule has 106 valence electrons. The van der Waals surface area contributed by atoms with Gasteiger partial charge in [0.25, 0.3) is 0 Å². The molecule has 0 fully saturated rings. The normalized spacial score (nSPS) is 10.8. The third kappa shape index (κ3) is 4.65. The Balaban J connectivity index is 0.000000291. The molecule has 1 aliphatic carbocycles. The Morgan fingerprint density at radius 1 is 0.700 bits per heavy atom. The number of benzene rings is 2. The van der Waals surface area contributed by atoms with Gasteiger partial charge in [0.15, 0.2) is 0 Å². The number of carbonyl (C=O) groups excluding carboxylic acids is 1. The van der Waals surface area contributed by atoms with Crippen LogP contribution < -0.4 is 0 Å². The Bertz CT molecular complexity index is 464. The molecule has 0 radical (unpaired) electrons. The minimum absolute atomic E-state index is 0.167. The van der Waals surface area contributed by atoms with Gasteiger partial charge in [-0.1, -0.05) is 62.4 Å². The Morgan fingerprint density at radius 3 is 1.10 bits per heavy atom. The summed E-state index contributed by atoms with van der Waals surface area (Å²) in [5, 5.41) is 0. The van der Waals surface area contributed by atoms with Gasteiger partial charge >= 0.3 is 0 Å². The van der Waals surface area contributed by atoms with Gasteiger partial charge in [0.2, 0.25) is 0 Å². The van der Waals surface area contributed by atoms with Gasteiger partial charge < -0.3 is 4.79 Å². The standard InChI is InChI=1S/C14H12.C3H6O.C2H6/c1-2-6-12-10-14-8-4-3-7-13(14)9-11(12)5-1;1-3(2)4;1-2/h1-8H,9-10H2;1-2H3;1-2H3. The molecule has 0 N–H and O–H groups in total. The van der Waals surface area contributed by atoms with Crippen LogP contribution in [0.5, 0.6) is 0 Å². The van der Waals surface area contributed by atoms with Crippen LogP contribution >= 0.6 is 0 Å². The van der Waals surface area contributed by atoms with Crippen LogP contribution in [0.4, 0.5) is 0 Å². The largest absolute Gasteiger partial charge is 0.300 e. The van der Waals surface area contributed by atoms with Gasteiger partial charge in [0.05, 0.1) is 0 Å². The molecule has 0 heterocycles. The molecule has 0 saturated carbocycles. The van der Waals surface area contributed by atoms with Crippen molar-refractivity contribution in [2.24, 2.45) is 0 Å². The molecule has 2 aromatic rings. The lowest BCUT2D eigenvalue weighted by molar-refractivity contribution is -0.114. The van der Waals surface area contributed by atoms with Crippen LogP contribution in [0.2, 0.25) is 0 Å². The minimum atomic E-state index is 0.167. The maximum atomic E-state index is 9.44. The SMILES string of the molecule is CC.CC(C)=O.c1ccc2c(c1)Cc1ccccc1C2. The summed E-state index contributed by atoms with van der Waals surface area (Å²) in [6.07, 6.45) is 2.21. The highest BCUT2D eigenvalue weighted by atomic mass is 16.1. The molecule has 3 rings (SSSR count). The topological polar surface area (TPSA) is 17.1 Å². The molecule has 2 aromatic carbocycles. The lowest BCUT2D eigenvalue weighted by Crippen LogP contribution is -2.06. The highest BCUT2D eigenvalue weighted by Gasteiger charge is 2.12. The molecule has 20 heavy (non-hydrogen) atoms. The highest BCUT2D eigenvalue weighted by molar-refractivity contribution is 5.72. The van der Waals surface area contributed by atoms with Crippen molar-refractivity contribution < 1.29 is 4.79 Å². The van der Waals surface area contributed by atoms with Crippen LogP contribution in [0.15, 0.2) is 48.5 Å². The Kier molecular flexibility index (Phi) is 6.72. The van der Waals surface area contributed by atoms with E-state index in [0.29, 0.717) is 0 Å². The summed E-state index contributed by atoms with van der Waals surface area (Å²) in [6.45, 7) is 7.06. The van der Waals surface area contributed by atoms with E-state index in [1.165, 1.54) is 36.1 Å². The van der Waals surface area contributed by atoms with E-state index in [0.717, 1.165) is 12.8 Å². The lowest BCUT2D eigenvalue weighted by Gasteiger charge is -2.18. The summed E-state index contributed by atoms with van der Waals surface area (Å²) in [4.78, 5) is 9.44. The third-order valence-corrected chi connectivity index (χ3v) is 3.00. The maximum Gasteiger partial charge on any atom is 0.126 e. The zero-order valence-electron chi connectivity index (χ0n) is 12.9. The smallest absolute Gasteiger partial charge is 0.126 e. The minimum Gasteiger partial charge on any atom is -0.300 e. The molecule has 0 spiro atoms. The van der Waals surface area contributed by atoms with Gasteiger partial charge in [-0.2, -0.15) is 0 Å². The van der Waals surface area contributed by atoms with Crippen molar-refractivity contribution in [1.82, 2.24) is 0 Å². The fourth-order valence-electron chi connectivity index (χ4n) is 2.22. The number of rotatable bonds is 0. The first-order chi connectivity index (χ1) is 9.66. The van der Waals surface area contributed by atoms with Crippen LogP contribution in [-0.2, 0) is 17.6 Å². The number of hydrogen-bond acceptors (Lipinski definition) is 1. The summed E-state index contributed by atoms with van der Waals surface area (Å²) in [5.74, 6) is 0.167. The predicted molar refractivity (Wildman–Crippen MR) is 86.2 cm³/mol. The summed E-state index contributed by atoms with van der Waals surface area (Å²) in [5.41, 5.74) is 5.97. The molecule has 1 nitrogen and oxygen atoms in total. The van der Waals surface area contributed by atoms with Crippen LogP contribution in [0.25, 0.3) is 0 Å². The van der Waals surface area contributed by atoms with E-state index in [-0.39, 0.29) is 5.78 Å². The molecule has 1 heteroatoms. The fourth-order valence-corrected chi connectivity index (χ4v) is 2.22. The highest BCUT2D eigenvalue weighted by Crippen LogP contribution is 2.26. The Labute approximate surface area is 122 Å². The van der Waals surface area contributed by atoms with E-state index in [1.54, 1.807) is 0 Å². The van der Waals surface area contributed by atoms with Crippen molar-refractivity contribution in [3.8, 4) is 0 Å². The molecule has 1 aliphatic rings. The number of hydrogen-bond donors (Lipinski definition) is 0. The number of ketones is 1. The second-order valence-electron chi connectivity index (χ2n) is 4.80. The van der Waals surface area contributed by atoms with Gasteiger partial charge in [0.1, 0.15) is 5.78 Å². The van der Waals surface area contributed by atoms with Crippen molar-refractivity contribution in [2.75, 3.05) is 0 Å².